The Hall–Kier alpha value is -0.640. The van der Waals surface area contributed by atoms with Gasteiger partial charge in [-0.2, -0.15) is 0 Å². The molecule has 0 bridgehead atoms. The molecule has 0 N–H and O–H groups in total. The fourth-order valence-electron chi connectivity index (χ4n) is 1.60. The summed E-state index contributed by atoms with van der Waals surface area (Å²) in [6.45, 7) is 9.70. The predicted molar refractivity (Wildman–Crippen MR) is 71.8 cm³/mol. The highest BCUT2D eigenvalue weighted by molar-refractivity contribution is 9.10. The van der Waals surface area contributed by atoms with Gasteiger partial charge < -0.3 is 4.90 Å². The molecule has 0 aromatic carbocycles. The normalized spacial score (nSPS) is 11.6. The first-order chi connectivity index (χ1) is 7.31. The predicted octanol–water partition coefficient (Wildman–Crippen LogP) is 3.28. The maximum atomic E-state index is 4.52. The maximum absolute atomic E-state index is 4.52. The van der Waals surface area contributed by atoms with Crippen molar-refractivity contribution in [2.24, 2.45) is 5.41 Å². The lowest BCUT2D eigenvalue weighted by Crippen LogP contribution is -2.30. The largest absolute Gasteiger partial charge is 0.359 e. The van der Waals surface area contributed by atoms with E-state index in [0.29, 0.717) is 0 Å². The van der Waals surface area contributed by atoms with Crippen molar-refractivity contribution in [1.82, 2.24) is 9.97 Å². The Morgan fingerprint density at radius 3 is 2.44 bits per heavy atom. The minimum absolute atomic E-state index is 0.262. The molecule has 4 heteroatoms. The van der Waals surface area contributed by atoms with Crippen LogP contribution in [0.3, 0.4) is 0 Å². The van der Waals surface area contributed by atoms with E-state index in [0.717, 1.165) is 29.2 Å². The second kappa shape index (κ2) is 5.13. The average Bonchev–Trinajstić information content (AvgIpc) is 2.14. The van der Waals surface area contributed by atoms with E-state index in [1.807, 2.05) is 6.07 Å². The van der Waals surface area contributed by atoms with E-state index < -0.39 is 0 Å². The van der Waals surface area contributed by atoms with E-state index >= 15 is 0 Å². The molecule has 0 aliphatic carbocycles. The molecule has 0 spiro atoms. The minimum atomic E-state index is 0.262. The third-order valence-electron chi connectivity index (χ3n) is 2.15. The fourth-order valence-corrected chi connectivity index (χ4v) is 2.01. The molecule has 90 valence electrons. The summed E-state index contributed by atoms with van der Waals surface area (Å²) in [7, 11) is 2.07. The summed E-state index contributed by atoms with van der Waals surface area (Å²) in [5, 5.41) is 0. The standard InChI is InChI=1S/C12H20BrN3/c1-6-10-14-9(13)7-11(15-10)16(5)8-12(2,3)4/h7H,6,8H2,1-5H3. The van der Waals surface area contributed by atoms with Crippen LogP contribution in [-0.4, -0.2) is 23.6 Å². The highest BCUT2D eigenvalue weighted by atomic mass is 79.9. The van der Waals surface area contributed by atoms with Crippen molar-refractivity contribution in [3.8, 4) is 0 Å². The average molecular weight is 286 g/mol. The Balaban J connectivity index is 2.90. The molecule has 0 amide bonds. The molecule has 0 unspecified atom stereocenters. The van der Waals surface area contributed by atoms with Crippen LogP contribution in [0.2, 0.25) is 0 Å². The van der Waals surface area contributed by atoms with Gasteiger partial charge in [-0.3, -0.25) is 0 Å². The smallest absolute Gasteiger partial charge is 0.133 e. The fraction of sp³-hybridized carbons (Fsp3) is 0.667. The highest BCUT2D eigenvalue weighted by Crippen LogP contribution is 2.21. The van der Waals surface area contributed by atoms with Crippen LogP contribution in [0.5, 0.6) is 0 Å². The Kier molecular flexibility index (Phi) is 4.30. The van der Waals surface area contributed by atoms with Crippen molar-refractivity contribution < 1.29 is 0 Å². The molecule has 0 aliphatic rings. The van der Waals surface area contributed by atoms with Gasteiger partial charge in [-0.25, -0.2) is 9.97 Å². The molecule has 1 aromatic rings. The number of rotatable bonds is 3. The Morgan fingerprint density at radius 1 is 1.31 bits per heavy atom. The van der Waals surface area contributed by atoms with Crippen LogP contribution in [-0.2, 0) is 6.42 Å². The van der Waals surface area contributed by atoms with Gasteiger partial charge in [0.15, 0.2) is 0 Å². The van der Waals surface area contributed by atoms with Crippen LogP contribution in [0.4, 0.5) is 5.82 Å². The molecule has 0 saturated carbocycles. The molecule has 0 saturated heterocycles. The number of halogens is 1. The lowest BCUT2D eigenvalue weighted by molar-refractivity contribution is 0.417. The summed E-state index contributed by atoms with van der Waals surface area (Å²) in [4.78, 5) is 11.0. The SMILES string of the molecule is CCc1nc(Br)cc(N(C)CC(C)(C)C)n1. The molecule has 1 aromatic heterocycles. The summed E-state index contributed by atoms with van der Waals surface area (Å²) in [6.07, 6.45) is 0.857. The second-order valence-electron chi connectivity index (χ2n) is 5.24. The van der Waals surface area contributed by atoms with Gasteiger partial charge in [-0.1, -0.05) is 27.7 Å². The van der Waals surface area contributed by atoms with Crippen molar-refractivity contribution in [3.05, 3.63) is 16.5 Å². The zero-order valence-electron chi connectivity index (χ0n) is 10.7. The molecular formula is C12H20BrN3. The van der Waals surface area contributed by atoms with Crippen LogP contribution in [0.1, 0.15) is 33.5 Å². The first-order valence-corrected chi connectivity index (χ1v) is 6.36. The molecule has 3 nitrogen and oxygen atoms in total. The van der Waals surface area contributed by atoms with Gasteiger partial charge in [-0.15, -0.1) is 0 Å². The van der Waals surface area contributed by atoms with Gasteiger partial charge in [0.25, 0.3) is 0 Å². The van der Waals surface area contributed by atoms with Crippen molar-refractivity contribution in [2.75, 3.05) is 18.5 Å². The molecule has 0 radical (unpaired) electrons. The maximum Gasteiger partial charge on any atom is 0.133 e. The Labute approximate surface area is 106 Å². The molecular weight excluding hydrogens is 266 g/mol. The van der Waals surface area contributed by atoms with Gasteiger partial charge in [0.05, 0.1) is 0 Å². The zero-order valence-corrected chi connectivity index (χ0v) is 12.3. The van der Waals surface area contributed by atoms with E-state index in [2.05, 4.69) is 65.5 Å². The van der Waals surface area contributed by atoms with E-state index in [9.17, 15) is 0 Å². The van der Waals surface area contributed by atoms with E-state index in [-0.39, 0.29) is 5.41 Å². The van der Waals surface area contributed by atoms with Crippen molar-refractivity contribution in [3.63, 3.8) is 0 Å². The second-order valence-corrected chi connectivity index (χ2v) is 6.05. The van der Waals surface area contributed by atoms with Gasteiger partial charge in [0, 0.05) is 26.1 Å². The van der Waals surface area contributed by atoms with E-state index in [1.54, 1.807) is 0 Å². The number of nitrogens with zero attached hydrogens (tertiary/aromatic N) is 3. The summed E-state index contributed by atoms with van der Waals surface area (Å²) in [5.74, 6) is 1.86. The summed E-state index contributed by atoms with van der Waals surface area (Å²) < 4.78 is 0.857. The van der Waals surface area contributed by atoms with Crippen LogP contribution in [0.25, 0.3) is 0 Å². The van der Waals surface area contributed by atoms with Crippen LogP contribution in [0, 0.1) is 5.41 Å². The molecule has 16 heavy (non-hydrogen) atoms. The highest BCUT2D eigenvalue weighted by Gasteiger charge is 2.15. The third-order valence-corrected chi connectivity index (χ3v) is 2.55. The van der Waals surface area contributed by atoms with Crippen LogP contribution >= 0.6 is 15.9 Å². The quantitative estimate of drug-likeness (QED) is 0.798. The van der Waals surface area contributed by atoms with Gasteiger partial charge >= 0.3 is 0 Å². The number of aromatic nitrogens is 2. The van der Waals surface area contributed by atoms with Crippen LogP contribution in [0.15, 0.2) is 10.7 Å². The van der Waals surface area contributed by atoms with Crippen molar-refractivity contribution >= 4 is 21.7 Å². The lowest BCUT2D eigenvalue weighted by atomic mass is 9.96. The monoisotopic (exact) mass is 285 g/mol. The third kappa shape index (κ3) is 4.08. The lowest BCUT2D eigenvalue weighted by Gasteiger charge is -2.27. The number of anilines is 1. The van der Waals surface area contributed by atoms with Crippen molar-refractivity contribution in [1.29, 1.82) is 0 Å². The molecule has 0 aliphatic heterocycles. The van der Waals surface area contributed by atoms with E-state index in [4.69, 9.17) is 0 Å². The zero-order chi connectivity index (χ0) is 12.3. The van der Waals surface area contributed by atoms with Crippen LogP contribution < -0.4 is 4.90 Å². The Morgan fingerprint density at radius 2 is 1.94 bits per heavy atom. The van der Waals surface area contributed by atoms with Gasteiger partial charge in [0.2, 0.25) is 0 Å². The molecule has 1 heterocycles. The summed E-state index contributed by atoms with van der Waals surface area (Å²) >= 11 is 3.42. The molecule has 0 fully saturated rings. The first kappa shape index (κ1) is 13.4. The molecule has 1 rings (SSSR count). The van der Waals surface area contributed by atoms with Gasteiger partial charge in [0.1, 0.15) is 16.2 Å². The molecule has 0 atom stereocenters. The minimum Gasteiger partial charge on any atom is -0.359 e. The topological polar surface area (TPSA) is 29.0 Å². The first-order valence-electron chi connectivity index (χ1n) is 5.56. The van der Waals surface area contributed by atoms with E-state index in [1.165, 1.54) is 0 Å². The summed E-state index contributed by atoms with van der Waals surface area (Å²) in [5.41, 5.74) is 0.262. The summed E-state index contributed by atoms with van der Waals surface area (Å²) in [6, 6.07) is 1.96. The Bertz CT molecular complexity index is 358. The number of aryl methyl sites for hydroxylation is 1. The number of hydrogen-bond donors (Lipinski definition) is 0. The number of hydrogen-bond acceptors (Lipinski definition) is 3. The van der Waals surface area contributed by atoms with Crippen molar-refractivity contribution in [2.45, 2.75) is 34.1 Å². The van der Waals surface area contributed by atoms with Gasteiger partial charge in [-0.05, 0) is 21.3 Å².